The van der Waals surface area contributed by atoms with Crippen LogP contribution >= 0.6 is 7.26 Å². The van der Waals surface area contributed by atoms with E-state index in [-0.39, 0.29) is 10.9 Å². The van der Waals surface area contributed by atoms with Gasteiger partial charge in [0.15, 0.2) is 12.6 Å². The van der Waals surface area contributed by atoms with E-state index in [2.05, 4.69) is 5.32 Å². The van der Waals surface area contributed by atoms with Crippen molar-refractivity contribution >= 4 is 47.7 Å². The second-order valence-electron chi connectivity index (χ2n) is 6.53. The van der Waals surface area contributed by atoms with Gasteiger partial charge in [-0.3, -0.25) is 4.79 Å². The normalized spacial score (nSPS) is 11.9. The van der Waals surface area contributed by atoms with E-state index in [0.717, 1.165) is 15.9 Å². The second kappa shape index (κ2) is 9.66. The van der Waals surface area contributed by atoms with Crippen LogP contribution < -0.4 is 21.2 Å². The van der Waals surface area contributed by atoms with E-state index in [0.29, 0.717) is 5.31 Å². The molecule has 3 rings (SSSR count). The summed E-state index contributed by atoms with van der Waals surface area (Å²) < 4.78 is 5.20. The zero-order valence-electron chi connectivity index (χ0n) is 16.7. The monoisotopic (exact) mass is 435 g/mol. The first kappa shape index (κ1) is 21.7. The highest BCUT2D eigenvalue weighted by atomic mass is 32.1. The molecule has 152 valence electrons. The van der Waals surface area contributed by atoms with Crippen LogP contribution in [0.25, 0.3) is 0 Å². The maximum absolute atomic E-state index is 13.2. The Morgan fingerprint density at radius 2 is 1.13 bits per heavy atom. The fourth-order valence-electron chi connectivity index (χ4n) is 3.49. The summed E-state index contributed by atoms with van der Waals surface area (Å²) in [7, 11) is -1.43. The predicted molar refractivity (Wildman–Crippen MR) is 125 cm³/mol. The molecule has 0 bridgehead atoms. The summed E-state index contributed by atoms with van der Waals surface area (Å²) in [6.45, 7) is 1.37. The van der Waals surface area contributed by atoms with Gasteiger partial charge in [-0.15, -0.1) is 0 Å². The fraction of sp³-hybridized carbons (Fsp3) is 0.0833. The van der Waals surface area contributed by atoms with Crippen molar-refractivity contribution in [1.29, 1.82) is 0 Å². The average molecular weight is 435 g/mol. The quantitative estimate of drug-likeness (QED) is 0.280. The van der Waals surface area contributed by atoms with Crippen LogP contribution in [0, 0.1) is 0 Å². The minimum absolute atomic E-state index is 0.0826. The smallest absolute Gasteiger partial charge is 0.374 e. The molecule has 0 unspecified atom stereocenters. The lowest BCUT2D eigenvalue weighted by Gasteiger charge is -2.31. The Labute approximate surface area is 182 Å². The molecular weight excluding hydrogens is 413 g/mol. The van der Waals surface area contributed by atoms with Crippen LogP contribution in [0.15, 0.2) is 101 Å². The molecule has 4 nitrogen and oxygen atoms in total. The zero-order valence-corrected chi connectivity index (χ0v) is 18.5. The maximum Gasteiger partial charge on any atom is 0.374 e. The molecule has 3 aromatic carbocycles. The lowest BCUT2D eigenvalue weighted by atomic mass is 10.3. The third-order valence-corrected chi connectivity index (χ3v) is 9.40. The van der Waals surface area contributed by atoms with Crippen molar-refractivity contribution in [2.24, 2.45) is 0 Å². The van der Waals surface area contributed by atoms with E-state index in [1.165, 1.54) is 14.0 Å². The molecular formula is C24H22NO3PS. The van der Waals surface area contributed by atoms with Gasteiger partial charge in [0, 0.05) is 6.92 Å². The molecule has 0 saturated carbocycles. The number of nitrogens with one attached hydrogen (secondary N) is 1. The van der Waals surface area contributed by atoms with Gasteiger partial charge in [0.25, 0.3) is 0 Å². The molecule has 0 aliphatic carbocycles. The second-order valence-corrected chi connectivity index (χ2v) is 10.3. The van der Waals surface area contributed by atoms with Crippen molar-refractivity contribution in [2.75, 3.05) is 7.11 Å². The van der Waals surface area contributed by atoms with Gasteiger partial charge in [0.05, 0.1) is 7.11 Å². The Hall–Kier alpha value is -3.01. The van der Waals surface area contributed by atoms with Crippen molar-refractivity contribution in [3.05, 3.63) is 101 Å². The van der Waals surface area contributed by atoms with E-state index < -0.39 is 13.2 Å². The molecule has 1 amide bonds. The number of hydrogen-bond donors (Lipinski definition) is 1. The zero-order chi connectivity index (χ0) is 21.6. The number of carbonyl (C=O) groups excluding carboxylic acids is 2. The summed E-state index contributed by atoms with van der Waals surface area (Å²) in [6, 6.07) is 29.4. The van der Waals surface area contributed by atoms with Crippen molar-refractivity contribution in [2.45, 2.75) is 6.92 Å². The van der Waals surface area contributed by atoms with Gasteiger partial charge in [-0.25, -0.2) is 4.79 Å². The van der Waals surface area contributed by atoms with Gasteiger partial charge in [0.2, 0.25) is 5.91 Å². The van der Waals surface area contributed by atoms with Crippen LogP contribution in [-0.2, 0) is 27.0 Å². The Bertz CT molecular complexity index is 957. The van der Waals surface area contributed by atoms with Crippen LogP contribution in [0.3, 0.4) is 0 Å². The van der Waals surface area contributed by atoms with E-state index in [1.54, 1.807) is 0 Å². The average Bonchev–Trinajstić information content (AvgIpc) is 2.78. The van der Waals surface area contributed by atoms with Crippen LogP contribution in [0.1, 0.15) is 6.92 Å². The molecule has 0 atom stereocenters. The van der Waals surface area contributed by atoms with E-state index >= 15 is 0 Å². The number of benzene rings is 3. The molecule has 1 N–H and O–H groups in total. The minimum Gasteiger partial charge on any atom is -0.758 e. The molecule has 0 heterocycles. The van der Waals surface area contributed by atoms with Crippen LogP contribution in [0.5, 0.6) is 0 Å². The van der Waals surface area contributed by atoms with Gasteiger partial charge in [-0.05, 0) is 36.4 Å². The summed E-state index contributed by atoms with van der Waals surface area (Å²) >= 11 is 5.60. The Morgan fingerprint density at radius 3 is 1.43 bits per heavy atom. The van der Waals surface area contributed by atoms with Crippen LogP contribution in [0.2, 0.25) is 0 Å². The topological polar surface area (TPSA) is 55.4 Å². The van der Waals surface area contributed by atoms with Gasteiger partial charge < -0.3 is 22.7 Å². The number of ether oxygens (including phenoxy) is 1. The Morgan fingerprint density at radius 1 is 0.767 bits per heavy atom. The highest BCUT2D eigenvalue weighted by molar-refractivity contribution is 8.00. The Kier molecular flexibility index (Phi) is 6.99. The number of rotatable bonds is 6. The summed E-state index contributed by atoms with van der Waals surface area (Å²) in [6.07, 6.45) is 0. The number of esters is 1. The molecule has 30 heavy (non-hydrogen) atoms. The Balaban J connectivity index is 2.53. The first-order valence-corrected chi connectivity index (χ1v) is 11.5. The summed E-state index contributed by atoms with van der Waals surface area (Å²) in [5, 5.41) is 5.85. The molecule has 6 heteroatoms. The summed E-state index contributed by atoms with van der Waals surface area (Å²) in [4.78, 5) is 25.1. The van der Waals surface area contributed by atoms with Crippen molar-refractivity contribution in [3.8, 4) is 0 Å². The fourth-order valence-corrected chi connectivity index (χ4v) is 8.38. The van der Waals surface area contributed by atoms with Gasteiger partial charge in [-0.2, -0.15) is 0 Å². The van der Waals surface area contributed by atoms with Gasteiger partial charge in [0.1, 0.15) is 15.9 Å². The van der Waals surface area contributed by atoms with Crippen LogP contribution in [-0.4, -0.2) is 19.0 Å². The molecule has 0 aliphatic rings. The predicted octanol–water partition coefficient (Wildman–Crippen LogP) is 3.01. The highest BCUT2D eigenvalue weighted by Gasteiger charge is 2.53. The van der Waals surface area contributed by atoms with E-state index in [9.17, 15) is 9.59 Å². The molecule has 0 radical (unpaired) electrons. The van der Waals surface area contributed by atoms with Crippen molar-refractivity contribution in [1.82, 2.24) is 5.32 Å². The number of amides is 1. The maximum atomic E-state index is 13.2. The minimum atomic E-state index is -2.76. The third kappa shape index (κ3) is 4.13. The van der Waals surface area contributed by atoms with Gasteiger partial charge in [-0.1, -0.05) is 59.6 Å². The standard InChI is InChI=1S/C24H22NO3PS/c1-18(26)25-23(30)22(24(27)28-2)29(19-12-6-3-7-13-19,20-14-8-4-9-15-20)21-16-10-5-11-17-21/h3-17H,1-2H3,(H-,25,26,27,30). The lowest BCUT2D eigenvalue weighted by Crippen LogP contribution is -2.37. The summed E-state index contributed by atoms with van der Waals surface area (Å²) in [5.41, 5.74) is 0. The molecule has 0 aliphatic heterocycles. The number of hydrogen-bond acceptors (Lipinski definition) is 4. The number of methoxy groups -OCH3 is 1. The molecule has 0 fully saturated rings. The van der Waals surface area contributed by atoms with Crippen molar-refractivity contribution < 1.29 is 14.3 Å². The largest absolute Gasteiger partial charge is 0.758 e. The molecule has 0 spiro atoms. The molecule has 0 saturated heterocycles. The first-order chi connectivity index (χ1) is 14.5. The van der Waals surface area contributed by atoms with Crippen molar-refractivity contribution in [3.63, 3.8) is 0 Å². The molecule has 3 aromatic rings. The number of carbonyl (C=O) groups is 2. The van der Waals surface area contributed by atoms with E-state index in [1.807, 2.05) is 91.0 Å². The van der Waals surface area contributed by atoms with Crippen LogP contribution in [0.4, 0.5) is 0 Å². The molecule has 0 aromatic heterocycles. The summed E-state index contributed by atoms with van der Waals surface area (Å²) in [5.74, 6) is -0.896. The lowest BCUT2D eigenvalue weighted by molar-refractivity contribution is -0.135. The van der Waals surface area contributed by atoms with E-state index in [4.69, 9.17) is 17.4 Å². The SMILES string of the molecule is COC(=O)/C(=C(/[S-])NC(C)=O)[P+](c1ccccc1)(c1ccccc1)c1ccccc1. The highest BCUT2D eigenvalue weighted by Crippen LogP contribution is 2.63. The van der Waals surface area contributed by atoms with Gasteiger partial charge >= 0.3 is 5.97 Å². The third-order valence-electron chi connectivity index (χ3n) is 4.65. The first-order valence-electron chi connectivity index (χ1n) is 9.35.